The van der Waals surface area contributed by atoms with Crippen molar-refractivity contribution in [3.63, 3.8) is 0 Å². The Morgan fingerprint density at radius 2 is 1.89 bits per heavy atom. The van der Waals surface area contributed by atoms with Gasteiger partial charge in [-0.25, -0.2) is 0 Å². The standard InChI is InChI=1S/C14H26N2O2/c1-14(5-9-18-10-6-14)12-15-11-13(17)16-7-3-2-4-8-16/h15H,2-12H2,1H3. The Kier molecular flexibility index (Phi) is 5.01. The van der Waals surface area contributed by atoms with Gasteiger partial charge in [0.15, 0.2) is 0 Å². The molecular formula is C14H26N2O2. The SMILES string of the molecule is CC1(CNCC(=O)N2CCCCC2)CCOCC1. The van der Waals surface area contributed by atoms with E-state index in [1.54, 1.807) is 0 Å². The van der Waals surface area contributed by atoms with Crippen molar-refractivity contribution in [1.29, 1.82) is 0 Å². The van der Waals surface area contributed by atoms with Crippen LogP contribution in [0.15, 0.2) is 0 Å². The molecule has 0 radical (unpaired) electrons. The van der Waals surface area contributed by atoms with Crippen LogP contribution in [0.25, 0.3) is 0 Å². The molecule has 2 aliphatic heterocycles. The number of ether oxygens (including phenoxy) is 1. The second-order valence-electron chi connectivity index (χ2n) is 5.97. The second kappa shape index (κ2) is 6.53. The lowest BCUT2D eigenvalue weighted by molar-refractivity contribution is -0.131. The minimum absolute atomic E-state index is 0.269. The summed E-state index contributed by atoms with van der Waals surface area (Å²) < 4.78 is 5.38. The number of nitrogens with zero attached hydrogens (tertiary/aromatic N) is 1. The Labute approximate surface area is 110 Å². The number of hydrogen-bond acceptors (Lipinski definition) is 3. The molecule has 1 amide bonds. The fourth-order valence-corrected chi connectivity index (χ4v) is 2.77. The van der Waals surface area contributed by atoms with Gasteiger partial charge in [0.2, 0.25) is 5.91 Å². The molecule has 0 aromatic carbocycles. The van der Waals surface area contributed by atoms with Crippen LogP contribution in [0.2, 0.25) is 0 Å². The Morgan fingerprint density at radius 1 is 1.22 bits per heavy atom. The molecule has 104 valence electrons. The first kappa shape index (κ1) is 13.8. The first-order valence-electron chi connectivity index (χ1n) is 7.26. The molecule has 2 heterocycles. The van der Waals surface area contributed by atoms with Crippen molar-refractivity contribution in [3.8, 4) is 0 Å². The van der Waals surface area contributed by atoms with Crippen molar-refractivity contribution in [1.82, 2.24) is 10.2 Å². The van der Waals surface area contributed by atoms with Gasteiger partial charge in [-0.15, -0.1) is 0 Å². The van der Waals surface area contributed by atoms with Gasteiger partial charge in [0.25, 0.3) is 0 Å². The van der Waals surface area contributed by atoms with E-state index < -0.39 is 0 Å². The van der Waals surface area contributed by atoms with Crippen molar-refractivity contribution >= 4 is 5.91 Å². The lowest BCUT2D eigenvalue weighted by Gasteiger charge is -2.34. The number of piperidine rings is 1. The third-order valence-corrected chi connectivity index (χ3v) is 4.24. The zero-order valence-corrected chi connectivity index (χ0v) is 11.5. The molecule has 0 aromatic heterocycles. The van der Waals surface area contributed by atoms with E-state index in [1.807, 2.05) is 4.90 Å². The highest BCUT2D eigenvalue weighted by atomic mass is 16.5. The summed E-state index contributed by atoms with van der Waals surface area (Å²) in [5, 5.41) is 3.35. The number of nitrogens with one attached hydrogen (secondary N) is 1. The van der Waals surface area contributed by atoms with Gasteiger partial charge >= 0.3 is 0 Å². The third kappa shape index (κ3) is 3.95. The number of carbonyl (C=O) groups is 1. The highest BCUT2D eigenvalue weighted by Crippen LogP contribution is 2.28. The molecule has 4 nitrogen and oxygen atoms in total. The van der Waals surface area contributed by atoms with Gasteiger partial charge in [-0.3, -0.25) is 4.79 Å². The predicted molar refractivity (Wildman–Crippen MR) is 71.5 cm³/mol. The number of carbonyl (C=O) groups excluding carboxylic acids is 1. The summed E-state index contributed by atoms with van der Waals surface area (Å²) in [6.07, 6.45) is 5.80. The van der Waals surface area contributed by atoms with Gasteiger partial charge in [0, 0.05) is 32.8 Å². The molecule has 1 N–H and O–H groups in total. The third-order valence-electron chi connectivity index (χ3n) is 4.24. The minimum Gasteiger partial charge on any atom is -0.381 e. The van der Waals surface area contributed by atoms with Crippen LogP contribution in [0.3, 0.4) is 0 Å². The van der Waals surface area contributed by atoms with Crippen molar-refractivity contribution in [2.75, 3.05) is 39.4 Å². The van der Waals surface area contributed by atoms with Crippen molar-refractivity contribution in [2.24, 2.45) is 5.41 Å². The van der Waals surface area contributed by atoms with Gasteiger partial charge in [0.1, 0.15) is 0 Å². The summed E-state index contributed by atoms with van der Waals surface area (Å²) in [6.45, 7) is 7.33. The number of rotatable bonds is 4. The van der Waals surface area contributed by atoms with Crippen LogP contribution in [0.5, 0.6) is 0 Å². The summed E-state index contributed by atoms with van der Waals surface area (Å²) in [7, 11) is 0. The molecule has 2 fully saturated rings. The van der Waals surface area contributed by atoms with E-state index >= 15 is 0 Å². The Hall–Kier alpha value is -0.610. The van der Waals surface area contributed by atoms with E-state index in [4.69, 9.17) is 4.74 Å². The van der Waals surface area contributed by atoms with Gasteiger partial charge in [-0.1, -0.05) is 6.92 Å². The predicted octanol–water partition coefficient (Wildman–Crippen LogP) is 1.41. The molecule has 0 unspecified atom stereocenters. The van der Waals surface area contributed by atoms with Gasteiger partial charge in [-0.2, -0.15) is 0 Å². The quantitative estimate of drug-likeness (QED) is 0.824. The molecule has 2 aliphatic rings. The van der Waals surface area contributed by atoms with Crippen LogP contribution in [0.4, 0.5) is 0 Å². The average molecular weight is 254 g/mol. The van der Waals surface area contributed by atoms with Crippen LogP contribution in [-0.2, 0) is 9.53 Å². The van der Waals surface area contributed by atoms with Crippen molar-refractivity contribution < 1.29 is 9.53 Å². The van der Waals surface area contributed by atoms with Crippen LogP contribution in [0.1, 0.15) is 39.0 Å². The number of likely N-dealkylation sites (tertiary alicyclic amines) is 1. The van der Waals surface area contributed by atoms with Crippen LogP contribution < -0.4 is 5.32 Å². The topological polar surface area (TPSA) is 41.6 Å². The maximum absolute atomic E-state index is 12.0. The zero-order chi connectivity index (χ0) is 12.8. The molecule has 18 heavy (non-hydrogen) atoms. The van der Waals surface area contributed by atoms with Gasteiger partial charge in [-0.05, 0) is 37.5 Å². The molecule has 0 spiro atoms. The van der Waals surface area contributed by atoms with Crippen molar-refractivity contribution in [2.45, 2.75) is 39.0 Å². The van der Waals surface area contributed by atoms with Crippen molar-refractivity contribution in [3.05, 3.63) is 0 Å². The molecule has 4 heteroatoms. The van der Waals surface area contributed by atoms with E-state index in [2.05, 4.69) is 12.2 Å². The molecule has 2 rings (SSSR count). The van der Waals surface area contributed by atoms with E-state index in [0.717, 1.165) is 45.7 Å². The Bertz CT molecular complexity index is 269. The maximum Gasteiger partial charge on any atom is 0.236 e. The lowest BCUT2D eigenvalue weighted by Crippen LogP contribution is -2.44. The normalized spacial score (nSPS) is 23.9. The molecule has 2 saturated heterocycles. The molecule has 0 saturated carbocycles. The number of amides is 1. The summed E-state index contributed by atoms with van der Waals surface area (Å²) in [5.74, 6) is 0.269. The lowest BCUT2D eigenvalue weighted by atomic mass is 9.82. The molecule has 0 bridgehead atoms. The summed E-state index contributed by atoms with van der Waals surface area (Å²) in [5.41, 5.74) is 0.306. The largest absolute Gasteiger partial charge is 0.381 e. The highest BCUT2D eigenvalue weighted by Gasteiger charge is 2.27. The first-order valence-corrected chi connectivity index (χ1v) is 7.26. The molecule has 0 aliphatic carbocycles. The van der Waals surface area contributed by atoms with E-state index in [9.17, 15) is 4.79 Å². The van der Waals surface area contributed by atoms with Crippen LogP contribution >= 0.6 is 0 Å². The van der Waals surface area contributed by atoms with Crippen LogP contribution in [0, 0.1) is 5.41 Å². The second-order valence-corrected chi connectivity index (χ2v) is 5.97. The zero-order valence-electron chi connectivity index (χ0n) is 11.5. The summed E-state index contributed by atoms with van der Waals surface area (Å²) >= 11 is 0. The fraction of sp³-hybridized carbons (Fsp3) is 0.929. The van der Waals surface area contributed by atoms with E-state index in [0.29, 0.717) is 12.0 Å². The maximum atomic E-state index is 12.0. The summed E-state index contributed by atoms with van der Waals surface area (Å²) in [6, 6.07) is 0. The van der Waals surface area contributed by atoms with E-state index in [-0.39, 0.29) is 5.91 Å². The minimum atomic E-state index is 0.269. The first-order chi connectivity index (χ1) is 8.70. The van der Waals surface area contributed by atoms with E-state index in [1.165, 1.54) is 19.3 Å². The summed E-state index contributed by atoms with van der Waals surface area (Å²) in [4.78, 5) is 14.0. The van der Waals surface area contributed by atoms with Gasteiger partial charge < -0.3 is 15.0 Å². The monoisotopic (exact) mass is 254 g/mol. The molecule has 0 aromatic rings. The van der Waals surface area contributed by atoms with Gasteiger partial charge in [0.05, 0.1) is 6.54 Å². The molecule has 0 atom stereocenters. The number of hydrogen-bond donors (Lipinski definition) is 1. The average Bonchev–Trinajstić information content (AvgIpc) is 2.40. The fourth-order valence-electron chi connectivity index (χ4n) is 2.77. The Morgan fingerprint density at radius 3 is 2.56 bits per heavy atom. The van der Waals surface area contributed by atoms with Crippen LogP contribution in [-0.4, -0.2) is 50.2 Å². The molecular weight excluding hydrogens is 228 g/mol. The smallest absolute Gasteiger partial charge is 0.236 e. The Balaban J connectivity index is 1.66. The highest BCUT2D eigenvalue weighted by molar-refractivity contribution is 5.78.